The van der Waals surface area contributed by atoms with Gasteiger partial charge in [0.25, 0.3) is 0 Å². The summed E-state index contributed by atoms with van der Waals surface area (Å²) in [5.41, 5.74) is 1.89. The molecule has 0 bridgehead atoms. The lowest BCUT2D eigenvalue weighted by molar-refractivity contribution is -0.139. The van der Waals surface area contributed by atoms with Crippen LogP contribution in [0, 0.1) is 11.7 Å². The summed E-state index contributed by atoms with van der Waals surface area (Å²) in [7, 11) is 1.79. The van der Waals surface area contributed by atoms with Crippen LogP contribution in [0.5, 0.6) is 0 Å². The van der Waals surface area contributed by atoms with Gasteiger partial charge in [-0.15, -0.1) is 0 Å². The van der Waals surface area contributed by atoms with Gasteiger partial charge in [0.15, 0.2) is 0 Å². The lowest BCUT2D eigenvalue weighted by Crippen LogP contribution is -2.43. The molecule has 0 aromatic heterocycles. The molecule has 1 fully saturated rings. The number of benzene rings is 2. The second-order valence-corrected chi connectivity index (χ2v) is 7.52. The first kappa shape index (κ1) is 20.8. The number of piperidine rings is 1. The minimum absolute atomic E-state index is 0.0206. The van der Waals surface area contributed by atoms with Crippen LogP contribution in [-0.2, 0) is 9.59 Å². The zero-order valence-corrected chi connectivity index (χ0v) is 16.9. The van der Waals surface area contributed by atoms with E-state index in [9.17, 15) is 14.0 Å². The number of amides is 2. The fourth-order valence-corrected chi connectivity index (χ4v) is 3.63. The largest absolute Gasteiger partial charge is 0.339 e. The highest BCUT2D eigenvalue weighted by Crippen LogP contribution is 2.25. The van der Waals surface area contributed by atoms with Crippen molar-refractivity contribution in [3.63, 3.8) is 0 Å². The van der Waals surface area contributed by atoms with E-state index in [4.69, 9.17) is 0 Å². The van der Waals surface area contributed by atoms with Gasteiger partial charge in [0.2, 0.25) is 11.8 Å². The van der Waals surface area contributed by atoms with Crippen LogP contribution in [-0.4, -0.2) is 41.8 Å². The summed E-state index contributed by atoms with van der Waals surface area (Å²) in [4.78, 5) is 28.8. The molecule has 4 nitrogen and oxygen atoms in total. The van der Waals surface area contributed by atoms with Crippen LogP contribution in [0.3, 0.4) is 0 Å². The zero-order valence-electron chi connectivity index (χ0n) is 16.9. The Bertz CT molecular complexity index is 856. The lowest BCUT2D eigenvalue weighted by Gasteiger charge is -2.34. The van der Waals surface area contributed by atoms with Gasteiger partial charge in [-0.25, -0.2) is 4.39 Å². The van der Waals surface area contributed by atoms with Gasteiger partial charge >= 0.3 is 0 Å². The van der Waals surface area contributed by atoms with Crippen LogP contribution in [0.25, 0.3) is 6.08 Å². The van der Waals surface area contributed by atoms with Crippen molar-refractivity contribution in [2.75, 3.05) is 20.1 Å². The van der Waals surface area contributed by atoms with Crippen molar-refractivity contribution >= 4 is 17.9 Å². The molecule has 1 atom stereocenters. The van der Waals surface area contributed by atoms with Crippen LogP contribution in [0.2, 0.25) is 0 Å². The van der Waals surface area contributed by atoms with Crippen molar-refractivity contribution in [3.8, 4) is 0 Å². The molecule has 0 radical (unpaired) electrons. The third-order valence-electron chi connectivity index (χ3n) is 5.65. The Morgan fingerprint density at radius 2 is 1.69 bits per heavy atom. The van der Waals surface area contributed by atoms with Gasteiger partial charge in [0.05, 0.1) is 6.04 Å². The van der Waals surface area contributed by atoms with Crippen molar-refractivity contribution in [2.45, 2.75) is 25.8 Å². The van der Waals surface area contributed by atoms with E-state index in [-0.39, 0.29) is 29.6 Å². The molecular formula is C24H27FN2O2. The summed E-state index contributed by atoms with van der Waals surface area (Å²) in [6.45, 7) is 3.10. The molecule has 0 N–H and O–H groups in total. The Kier molecular flexibility index (Phi) is 6.81. The molecule has 0 saturated carbocycles. The summed E-state index contributed by atoms with van der Waals surface area (Å²) >= 11 is 0. The van der Waals surface area contributed by atoms with E-state index in [0.717, 1.165) is 11.1 Å². The number of nitrogens with zero attached hydrogens (tertiary/aromatic N) is 2. The number of carbonyl (C=O) groups is 2. The summed E-state index contributed by atoms with van der Waals surface area (Å²) in [5, 5.41) is 0. The monoisotopic (exact) mass is 394 g/mol. The highest BCUT2D eigenvalue weighted by atomic mass is 19.1. The van der Waals surface area contributed by atoms with E-state index in [1.54, 1.807) is 35.1 Å². The molecule has 0 spiro atoms. The fourth-order valence-electron chi connectivity index (χ4n) is 3.63. The number of carbonyl (C=O) groups excluding carboxylic acids is 2. The first-order valence-electron chi connectivity index (χ1n) is 10.00. The Labute approximate surface area is 171 Å². The molecule has 3 rings (SSSR count). The van der Waals surface area contributed by atoms with Gasteiger partial charge in [-0.2, -0.15) is 0 Å². The number of hydrogen-bond acceptors (Lipinski definition) is 2. The predicted molar refractivity (Wildman–Crippen MR) is 112 cm³/mol. The third-order valence-corrected chi connectivity index (χ3v) is 5.65. The average Bonchev–Trinajstić information content (AvgIpc) is 2.77. The minimum atomic E-state index is -0.284. The van der Waals surface area contributed by atoms with Gasteiger partial charge in [0.1, 0.15) is 5.82 Å². The average molecular weight is 394 g/mol. The van der Waals surface area contributed by atoms with E-state index in [1.807, 2.05) is 43.3 Å². The molecule has 1 heterocycles. The van der Waals surface area contributed by atoms with Gasteiger partial charge in [-0.3, -0.25) is 9.59 Å². The topological polar surface area (TPSA) is 40.6 Å². The van der Waals surface area contributed by atoms with E-state index < -0.39 is 0 Å². The van der Waals surface area contributed by atoms with Crippen molar-refractivity contribution < 1.29 is 14.0 Å². The molecule has 1 aliphatic heterocycles. The standard InChI is InChI=1S/C24H27FN2O2/c1-18(20-9-11-22(25)12-10-20)26(2)24(29)21-14-16-27(17-15-21)23(28)13-8-19-6-4-3-5-7-19/h3-13,18,21H,14-17H2,1-2H3/b13-8-/t18-/m1/s1. The first-order chi connectivity index (χ1) is 14.0. The molecular weight excluding hydrogens is 367 g/mol. The smallest absolute Gasteiger partial charge is 0.246 e. The molecule has 2 aromatic carbocycles. The van der Waals surface area contributed by atoms with Crippen LogP contribution in [0.1, 0.15) is 36.9 Å². The molecule has 2 amide bonds. The van der Waals surface area contributed by atoms with Crippen LogP contribution >= 0.6 is 0 Å². The van der Waals surface area contributed by atoms with Gasteiger partial charge in [-0.05, 0) is 49.1 Å². The summed E-state index contributed by atoms with van der Waals surface area (Å²) in [6, 6.07) is 15.8. The van der Waals surface area contributed by atoms with E-state index in [2.05, 4.69) is 0 Å². The molecule has 2 aromatic rings. The van der Waals surface area contributed by atoms with Crippen LogP contribution in [0.15, 0.2) is 60.7 Å². The Morgan fingerprint density at radius 1 is 1.07 bits per heavy atom. The molecule has 1 aliphatic rings. The summed E-state index contributed by atoms with van der Waals surface area (Å²) in [6.07, 6.45) is 4.73. The number of hydrogen-bond donors (Lipinski definition) is 0. The number of likely N-dealkylation sites (tertiary alicyclic amines) is 1. The second-order valence-electron chi connectivity index (χ2n) is 7.52. The zero-order chi connectivity index (χ0) is 20.8. The first-order valence-corrected chi connectivity index (χ1v) is 10.00. The second kappa shape index (κ2) is 9.50. The SMILES string of the molecule is C[C@H](c1ccc(F)cc1)N(C)C(=O)C1CCN(C(=O)/C=C\c2ccccc2)CC1. The maximum absolute atomic E-state index is 13.1. The fraction of sp³-hybridized carbons (Fsp3) is 0.333. The number of halogens is 1. The van der Waals surface area contributed by atoms with E-state index in [0.29, 0.717) is 25.9 Å². The van der Waals surface area contributed by atoms with Crippen molar-refractivity contribution in [2.24, 2.45) is 5.92 Å². The number of rotatable bonds is 5. The third kappa shape index (κ3) is 5.31. The highest BCUT2D eigenvalue weighted by molar-refractivity contribution is 5.92. The lowest BCUT2D eigenvalue weighted by atomic mass is 9.94. The minimum Gasteiger partial charge on any atom is -0.339 e. The molecule has 29 heavy (non-hydrogen) atoms. The molecule has 0 aliphatic carbocycles. The van der Waals surface area contributed by atoms with E-state index >= 15 is 0 Å². The highest BCUT2D eigenvalue weighted by Gasteiger charge is 2.30. The normalized spacial score (nSPS) is 16.0. The van der Waals surface area contributed by atoms with Crippen LogP contribution < -0.4 is 0 Å². The predicted octanol–water partition coefficient (Wildman–Crippen LogP) is 4.30. The summed E-state index contributed by atoms with van der Waals surface area (Å²) < 4.78 is 13.1. The Balaban J connectivity index is 1.52. The Morgan fingerprint density at radius 3 is 2.31 bits per heavy atom. The molecule has 0 unspecified atom stereocenters. The Hall–Kier alpha value is -2.95. The molecule has 152 valence electrons. The van der Waals surface area contributed by atoms with Crippen molar-refractivity contribution in [3.05, 3.63) is 77.6 Å². The maximum Gasteiger partial charge on any atom is 0.246 e. The van der Waals surface area contributed by atoms with Gasteiger partial charge in [-0.1, -0.05) is 42.5 Å². The maximum atomic E-state index is 13.1. The van der Waals surface area contributed by atoms with Crippen molar-refractivity contribution in [1.29, 1.82) is 0 Å². The molecule has 5 heteroatoms. The van der Waals surface area contributed by atoms with Crippen LogP contribution in [0.4, 0.5) is 4.39 Å². The van der Waals surface area contributed by atoms with Gasteiger partial charge < -0.3 is 9.80 Å². The quantitative estimate of drug-likeness (QED) is 0.710. The molecule has 1 saturated heterocycles. The van der Waals surface area contributed by atoms with E-state index in [1.165, 1.54) is 12.1 Å². The van der Waals surface area contributed by atoms with Gasteiger partial charge in [0, 0.05) is 32.1 Å². The van der Waals surface area contributed by atoms with Crippen molar-refractivity contribution in [1.82, 2.24) is 9.80 Å². The summed E-state index contributed by atoms with van der Waals surface area (Å²) in [5.74, 6) is -0.320.